The summed E-state index contributed by atoms with van der Waals surface area (Å²) in [5.41, 5.74) is 2.38. The summed E-state index contributed by atoms with van der Waals surface area (Å²) in [4.78, 5) is 18.9. The minimum Gasteiger partial charge on any atom is -0.475 e. The molecule has 0 aliphatic rings. The average Bonchev–Trinajstić information content (AvgIpc) is 2.71. The van der Waals surface area contributed by atoms with Crippen molar-refractivity contribution in [1.29, 1.82) is 0 Å². The van der Waals surface area contributed by atoms with Crippen molar-refractivity contribution in [1.82, 2.24) is 15.1 Å². The highest BCUT2D eigenvalue weighted by Gasteiger charge is 2.16. The van der Waals surface area contributed by atoms with Gasteiger partial charge in [0, 0.05) is 0 Å². The van der Waals surface area contributed by atoms with Gasteiger partial charge in [0.05, 0.1) is 11.2 Å². The first-order chi connectivity index (χ1) is 6.68. The van der Waals surface area contributed by atoms with Crippen molar-refractivity contribution >= 4 is 17.3 Å². The summed E-state index contributed by atoms with van der Waals surface area (Å²) in [6.45, 7) is 1.79. The van der Waals surface area contributed by atoms with E-state index in [0.29, 0.717) is 4.88 Å². The molecular formula is C7H5N3O3S. The maximum absolute atomic E-state index is 10.5. The van der Waals surface area contributed by atoms with Crippen molar-refractivity contribution in [2.24, 2.45) is 0 Å². The van der Waals surface area contributed by atoms with Crippen LogP contribution in [0.2, 0.25) is 0 Å². The topological polar surface area (TPSA) is 89.1 Å². The number of hydrogen-bond donors (Lipinski definition) is 1. The first kappa shape index (κ1) is 8.82. The summed E-state index contributed by atoms with van der Waals surface area (Å²) in [5.74, 6) is -1.35. The van der Waals surface area contributed by atoms with E-state index < -0.39 is 5.97 Å². The minimum atomic E-state index is -1.21. The van der Waals surface area contributed by atoms with Crippen molar-refractivity contribution in [3.8, 4) is 10.8 Å². The Kier molecular flexibility index (Phi) is 2.01. The summed E-state index contributed by atoms with van der Waals surface area (Å²) in [6, 6.07) is 0. The molecule has 0 radical (unpaired) electrons. The summed E-state index contributed by atoms with van der Waals surface area (Å²) in [7, 11) is 0. The lowest BCUT2D eigenvalue weighted by molar-refractivity contribution is 0.0680. The van der Waals surface area contributed by atoms with Crippen LogP contribution < -0.4 is 0 Å². The fourth-order valence-electron chi connectivity index (χ4n) is 0.910. The number of nitrogens with zero attached hydrogens (tertiary/aromatic N) is 3. The predicted octanol–water partition coefficient (Wildman–Crippen LogP) is 1.20. The van der Waals surface area contributed by atoms with Gasteiger partial charge in [-0.3, -0.25) is 0 Å². The van der Waals surface area contributed by atoms with E-state index in [0.717, 1.165) is 5.69 Å². The van der Waals surface area contributed by atoms with Crippen LogP contribution in [-0.4, -0.2) is 26.2 Å². The van der Waals surface area contributed by atoms with Crippen molar-refractivity contribution in [3.63, 3.8) is 0 Å². The van der Waals surface area contributed by atoms with E-state index in [1.54, 1.807) is 12.4 Å². The van der Waals surface area contributed by atoms with Crippen LogP contribution in [0, 0.1) is 6.92 Å². The summed E-state index contributed by atoms with van der Waals surface area (Å²) < 4.78 is 4.78. The molecule has 0 bridgehead atoms. The molecular weight excluding hydrogens is 206 g/mol. The van der Waals surface area contributed by atoms with Crippen molar-refractivity contribution < 1.29 is 14.4 Å². The van der Waals surface area contributed by atoms with Crippen LogP contribution in [0.4, 0.5) is 0 Å². The first-order valence-electron chi connectivity index (χ1n) is 3.66. The molecule has 14 heavy (non-hydrogen) atoms. The van der Waals surface area contributed by atoms with Crippen LogP contribution in [0.15, 0.2) is 10.0 Å². The van der Waals surface area contributed by atoms with E-state index in [1.165, 1.54) is 11.3 Å². The average molecular weight is 211 g/mol. The highest BCUT2D eigenvalue weighted by molar-refractivity contribution is 7.13. The first-order valence-corrected chi connectivity index (χ1v) is 4.54. The molecule has 0 aliphatic carbocycles. The third-order valence-corrected chi connectivity index (χ3v) is 2.47. The fourth-order valence-corrected chi connectivity index (χ4v) is 1.63. The fraction of sp³-hybridized carbons (Fsp3) is 0.143. The molecule has 2 heterocycles. The van der Waals surface area contributed by atoms with Gasteiger partial charge in [-0.05, 0) is 12.1 Å². The Hall–Kier alpha value is -1.76. The number of aromatic nitrogens is 3. The quantitative estimate of drug-likeness (QED) is 0.802. The van der Waals surface area contributed by atoms with Gasteiger partial charge in [-0.15, -0.1) is 11.3 Å². The minimum absolute atomic E-state index is 0.197. The Morgan fingerprint density at radius 3 is 2.93 bits per heavy atom. The van der Waals surface area contributed by atoms with Crippen LogP contribution in [0.25, 0.3) is 10.8 Å². The maximum Gasteiger partial charge on any atom is 0.377 e. The number of carboxylic acids is 1. The third kappa shape index (κ3) is 1.37. The predicted molar refractivity (Wildman–Crippen MR) is 47.1 cm³/mol. The lowest BCUT2D eigenvalue weighted by Gasteiger charge is -1.86. The van der Waals surface area contributed by atoms with Crippen molar-refractivity contribution in [2.45, 2.75) is 6.92 Å². The summed E-state index contributed by atoms with van der Waals surface area (Å²) in [6.07, 6.45) is 0. The lowest BCUT2D eigenvalue weighted by Crippen LogP contribution is -1.98. The number of hydrogen-bond acceptors (Lipinski definition) is 6. The van der Waals surface area contributed by atoms with E-state index in [4.69, 9.17) is 9.63 Å². The smallest absolute Gasteiger partial charge is 0.377 e. The molecule has 0 amide bonds. The zero-order valence-electron chi connectivity index (χ0n) is 7.09. The highest BCUT2D eigenvalue weighted by atomic mass is 32.1. The molecule has 0 fully saturated rings. The van der Waals surface area contributed by atoms with Crippen LogP contribution in [0.3, 0.4) is 0 Å². The number of carboxylic acid groups (broad SMARTS) is 1. The molecule has 1 N–H and O–H groups in total. The molecule has 6 nitrogen and oxygen atoms in total. The number of rotatable bonds is 2. The molecule has 2 rings (SSSR count). The maximum atomic E-state index is 10.5. The standard InChI is InChI=1S/C7H5N3O3S/c1-3-4(14-2-8-3)6-9-5(7(11)12)10-13-6/h2H,1H3,(H,11,12). The van der Waals surface area contributed by atoms with E-state index in [2.05, 4.69) is 15.1 Å². The van der Waals surface area contributed by atoms with Gasteiger partial charge in [-0.25, -0.2) is 9.78 Å². The largest absolute Gasteiger partial charge is 0.475 e. The Labute approximate surface area is 82.2 Å². The second-order valence-electron chi connectivity index (χ2n) is 2.50. The van der Waals surface area contributed by atoms with E-state index >= 15 is 0 Å². The van der Waals surface area contributed by atoms with Crippen molar-refractivity contribution in [3.05, 3.63) is 17.0 Å². The lowest BCUT2D eigenvalue weighted by atomic mass is 10.4. The molecule has 72 valence electrons. The number of thiazole rings is 1. The Balaban J connectivity index is 2.43. The molecule has 7 heteroatoms. The van der Waals surface area contributed by atoms with Gasteiger partial charge >= 0.3 is 5.97 Å². The molecule has 2 aromatic rings. The molecule has 2 aromatic heterocycles. The SMILES string of the molecule is Cc1ncsc1-c1nc(C(=O)O)no1. The zero-order chi connectivity index (χ0) is 10.1. The summed E-state index contributed by atoms with van der Waals surface area (Å²) in [5, 5.41) is 11.9. The second kappa shape index (κ2) is 3.18. The van der Waals surface area contributed by atoms with Gasteiger partial charge in [-0.2, -0.15) is 4.98 Å². The van der Waals surface area contributed by atoms with Gasteiger partial charge in [-0.1, -0.05) is 0 Å². The second-order valence-corrected chi connectivity index (χ2v) is 3.35. The van der Waals surface area contributed by atoms with Crippen LogP contribution >= 0.6 is 11.3 Å². The van der Waals surface area contributed by atoms with Gasteiger partial charge in [0.1, 0.15) is 4.88 Å². The molecule has 0 spiro atoms. The Bertz CT molecular complexity index is 476. The van der Waals surface area contributed by atoms with E-state index in [-0.39, 0.29) is 11.7 Å². The van der Waals surface area contributed by atoms with Crippen LogP contribution in [0.1, 0.15) is 16.3 Å². The van der Waals surface area contributed by atoms with E-state index in [1.807, 2.05) is 0 Å². The van der Waals surface area contributed by atoms with Crippen molar-refractivity contribution in [2.75, 3.05) is 0 Å². The molecule has 0 aromatic carbocycles. The number of aromatic carboxylic acids is 1. The third-order valence-electron chi connectivity index (χ3n) is 1.56. The van der Waals surface area contributed by atoms with Gasteiger partial charge < -0.3 is 9.63 Å². The molecule has 0 atom stereocenters. The molecule has 0 unspecified atom stereocenters. The van der Waals surface area contributed by atoms with Crippen LogP contribution in [-0.2, 0) is 0 Å². The Morgan fingerprint density at radius 2 is 2.43 bits per heavy atom. The van der Waals surface area contributed by atoms with E-state index in [9.17, 15) is 4.79 Å². The number of carbonyl (C=O) groups is 1. The molecule has 0 saturated carbocycles. The van der Waals surface area contributed by atoms with Crippen LogP contribution in [0.5, 0.6) is 0 Å². The summed E-state index contributed by atoms with van der Waals surface area (Å²) >= 11 is 1.33. The van der Waals surface area contributed by atoms with Gasteiger partial charge in [0.2, 0.25) is 0 Å². The Morgan fingerprint density at radius 1 is 1.64 bits per heavy atom. The molecule has 0 saturated heterocycles. The monoisotopic (exact) mass is 211 g/mol. The number of aryl methyl sites for hydroxylation is 1. The van der Waals surface area contributed by atoms with Gasteiger partial charge in [0.15, 0.2) is 0 Å². The zero-order valence-corrected chi connectivity index (χ0v) is 7.91. The van der Waals surface area contributed by atoms with Gasteiger partial charge in [0.25, 0.3) is 11.7 Å². The molecule has 0 aliphatic heterocycles. The normalized spacial score (nSPS) is 10.4. The highest BCUT2D eigenvalue weighted by Crippen LogP contribution is 2.24.